The van der Waals surface area contributed by atoms with Crippen molar-refractivity contribution in [3.63, 3.8) is 0 Å². The molecule has 1 radical (unpaired) electrons. The van der Waals surface area contributed by atoms with Crippen LogP contribution in [0, 0.1) is 0 Å². The van der Waals surface area contributed by atoms with Gasteiger partial charge in [-0.2, -0.15) is 0 Å². The van der Waals surface area contributed by atoms with Crippen LogP contribution in [-0.2, 0) is 4.79 Å². The minimum Gasteiger partial charge on any atom is -0.273 e. The summed E-state index contributed by atoms with van der Waals surface area (Å²) in [6.45, 7) is 4.47. The van der Waals surface area contributed by atoms with E-state index in [0.717, 1.165) is 6.42 Å². The highest BCUT2D eigenvalue weighted by Crippen LogP contribution is 1.85. The van der Waals surface area contributed by atoms with Crippen LogP contribution < -0.4 is 5.32 Å². The minimum atomic E-state index is 0.0370. The normalized spacial score (nSPS) is 8.75. The maximum Gasteiger partial charge on any atom is 0.241 e. The van der Waals surface area contributed by atoms with Gasteiger partial charge in [-0.25, -0.2) is 0 Å². The quantitative estimate of drug-likeness (QED) is 0.537. The van der Waals surface area contributed by atoms with Crippen molar-refractivity contribution in [3.8, 4) is 0 Å². The Morgan fingerprint density at radius 1 is 1.50 bits per heavy atom. The van der Waals surface area contributed by atoms with Crippen molar-refractivity contribution >= 4 is 5.91 Å². The van der Waals surface area contributed by atoms with Gasteiger partial charge in [-0.05, 0) is 13.3 Å². The summed E-state index contributed by atoms with van der Waals surface area (Å²) in [6, 6.07) is 0. The fraction of sp³-hybridized carbons (Fsp3) is 0.833. The molecule has 0 aromatic heterocycles. The summed E-state index contributed by atoms with van der Waals surface area (Å²) in [7, 11) is 0. The number of amides is 1. The van der Waals surface area contributed by atoms with E-state index in [4.69, 9.17) is 0 Å². The zero-order chi connectivity index (χ0) is 6.41. The van der Waals surface area contributed by atoms with Crippen LogP contribution in [0.2, 0.25) is 0 Å². The van der Waals surface area contributed by atoms with E-state index in [1.807, 2.05) is 13.8 Å². The summed E-state index contributed by atoms with van der Waals surface area (Å²) in [5.41, 5.74) is 0. The predicted molar refractivity (Wildman–Crippen MR) is 32.6 cm³/mol. The average molecular weight is 114 g/mol. The number of rotatable bonds is 3. The largest absolute Gasteiger partial charge is 0.273 e. The zero-order valence-electron chi connectivity index (χ0n) is 5.48. The van der Waals surface area contributed by atoms with Gasteiger partial charge in [0.2, 0.25) is 5.91 Å². The van der Waals surface area contributed by atoms with Crippen molar-refractivity contribution in [2.24, 2.45) is 0 Å². The minimum absolute atomic E-state index is 0.0370. The van der Waals surface area contributed by atoms with Crippen molar-refractivity contribution in [1.29, 1.82) is 0 Å². The molecule has 0 saturated carbocycles. The van der Waals surface area contributed by atoms with Gasteiger partial charge in [-0.15, -0.1) is 0 Å². The van der Waals surface area contributed by atoms with E-state index in [0.29, 0.717) is 13.0 Å². The van der Waals surface area contributed by atoms with Crippen molar-refractivity contribution < 1.29 is 4.79 Å². The van der Waals surface area contributed by atoms with Crippen molar-refractivity contribution in [3.05, 3.63) is 0 Å². The Balaban J connectivity index is 3.06. The van der Waals surface area contributed by atoms with Gasteiger partial charge < -0.3 is 0 Å². The van der Waals surface area contributed by atoms with Crippen LogP contribution in [0.25, 0.3) is 0 Å². The summed E-state index contributed by atoms with van der Waals surface area (Å²) in [5.74, 6) is 0.0370. The lowest BCUT2D eigenvalue weighted by Crippen LogP contribution is -2.13. The van der Waals surface area contributed by atoms with Gasteiger partial charge in [0, 0.05) is 13.0 Å². The Kier molecular flexibility index (Phi) is 4.32. The predicted octanol–water partition coefficient (Wildman–Crippen LogP) is 0.937. The van der Waals surface area contributed by atoms with Gasteiger partial charge in [-0.3, -0.25) is 10.1 Å². The van der Waals surface area contributed by atoms with Crippen molar-refractivity contribution in [2.75, 3.05) is 6.54 Å². The molecule has 0 heterocycles. The first-order valence-corrected chi connectivity index (χ1v) is 3.01. The lowest BCUT2D eigenvalue weighted by molar-refractivity contribution is -0.121. The molecule has 0 unspecified atom stereocenters. The van der Waals surface area contributed by atoms with Crippen LogP contribution in [0.5, 0.6) is 0 Å². The zero-order valence-corrected chi connectivity index (χ0v) is 5.48. The van der Waals surface area contributed by atoms with E-state index in [1.165, 1.54) is 0 Å². The lowest BCUT2D eigenvalue weighted by Gasteiger charge is -1.92. The van der Waals surface area contributed by atoms with E-state index in [9.17, 15) is 4.79 Å². The van der Waals surface area contributed by atoms with E-state index in [-0.39, 0.29) is 5.91 Å². The van der Waals surface area contributed by atoms with Crippen molar-refractivity contribution in [1.82, 2.24) is 5.32 Å². The Morgan fingerprint density at radius 3 is 2.50 bits per heavy atom. The van der Waals surface area contributed by atoms with Crippen molar-refractivity contribution in [2.45, 2.75) is 26.7 Å². The average Bonchev–Trinajstić information content (AvgIpc) is 1.68. The highest BCUT2D eigenvalue weighted by molar-refractivity contribution is 5.75. The molecule has 0 aliphatic heterocycles. The second kappa shape index (κ2) is 4.62. The third kappa shape index (κ3) is 3.65. The summed E-state index contributed by atoms with van der Waals surface area (Å²) in [4.78, 5) is 10.5. The topological polar surface area (TPSA) is 31.2 Å². The van der Waals surface area contributed by atoms with Crippen LogP contribution in [0.1, 0.15) is 26.7 Å². The summed E-state index contributed by atoms with van der Waals surface area (Å²) in [5, 5.41) is 3.68. The number of carbonyl (C=O) groups is 1. The molecule has 0 N–H and O–H groups in total. The van der Waals surface area contributed by atoms with Gasteiger partial charge in [-0.1, -0.05) is 6.92 Å². The lowest BCUT2D eigenvalue weighted by atomic mass is 10.3. The summed E-state index contributed by atoms with van der Waals surface area (Å²) < 4.78 is 0. The third-order valence-electron chi connectivity index (χ3n) is 0.798. The number of hydrogen-bond donors (Lipinski definition) is 0. The highest BCUT2D eigenvalue weighted by atomic mass is 16.1. The van der Waals surface area contributed by atoms with E-state index in [1.54, 1.807) is 0 Å². The molecule has 0 aliphatic carbocycles. The Hall–Kier alpha value is -0.530. The van der Waals surface area contributed by atoms with Gasteiger partial charge in [0.25, 0.3) is 0 Å². The van der Waals surface area contributed by atoms with Crippen LogP contribution in [0.3, 0.4) is 0 Å². The molecular weight excluding hydrogens is 102 g/mol. The second-order valence-electron chi connectivity index (χ2n) is 1.62. The monoisotopic (exact) mass is 114 g/mol. The van der Waals surface area contributed by atoms with E-state index < -0.39 is 0 Å². The fourth-order valence-corrected chi connectivity index (χ4v) is 0.469. The van der Waals surface area contributed by atoms with Gasteiger partial charge >= 0.3 is 0 Å². The SMILES string of the molecule is CCCC(=O)[N]CC. The Labute approximate surface area is 50.3 Å². The van der Waals surface area contributed by atoms with Gasteiger partial charge in [0.15, 0.2) is 0 Å². The molecular formula is C6H12NO. The smallest absolute Gasteiger partial charge is 0.241 e. The fourth-order valence-electron chi connectivity index (χ4n) is 0.469. The molecule has 2 heteroatoms. The first-order valence-electron chi connectivity index (χ1n) is 3.01. The molecule has 0 fully saturated rings. The molecule has 0 aliphatic rings. The molecule has 0 atom stereocenters. The molecule has 0 spiro atoms. The van der Waals surface area contributed by atoms with Crippen LogP contribution >= 0.6 is 0 Å². The van der Waals surface area contributed by atoms with E-state index >= 15 is 0 Å². The van der Waals surface area contributed by atoms with Crippen LogP contribution in [0.4, 0.5) is 0 Å². The van der Waals surface area contributed by atoms with Crippen LogP contribution in [-0.4, -0.2) is 12.5 Å². The number of nitrogens with zero attached hydrogens (tertiary/aromatic N) is 1. The molecule has 8 heavy (non-hydrogen) atoms. The summed E-state index contributed by atoms with van der Waals surface area (Å²) in [6.07, 6.45) is 1.51. The first-order chi connectivity index (χ1) is 3.81. The molecule has 0 aromatic rings. The second-order valence-corrected chi connectivity index (χ2v) is 1.62. The summed E-state index contributed by atoms with van der Waals surface area (Å²) >= 11 is 0. The first kappa shape index (κ1) is 7.47. The molecule has 0 aromatic carbocycles. The van der Waals surface area contributed by atoms with E-state index in [2.05, 4.69) is 5.32 Å². The highest BCUT2D eigenvalue weighted by Gasteiger charge is 1.95. The maximum atomic E-state index is 10.5. The molecule has 1 amide bonds. The van der Waals surface area contributed by atoms with Gasteiger partial charge in [0.05, 0.1) is 0 Å². The van der Waals surface area contributed by atoms with Crippen LogP contribution in [0.15, 0.2) is 0 Å². The Bertz CT molecular complexity index is 62.9. The maximum absolute atomic E-state index is 10.5. The molecule has 0 saturated heterocycles. The molecule has 2 nitrogen and oxygen atoms in total. The standard InChI is InChI=1S/C6H12NO/c1-3-5-6(8)7-4-2/h3-5H2,1-2H3. The third-order valence-corrected chi connectivity index (χ3v) is 0.798. The number of carbonyl (C=O) groups excluding carboxylic acids is 1. The Morgan fingerprint density at radius 2 is 2.12 bits per heavy atom. The molecule has 0 bridgehead atoms. The molecule has 0 rings (SSSR count). The number of hydrogen-bond acceptors (Lipinski definition) is 1. The van der Waals surface area contributed by atoms with Gasteiger partial charge in [0.1, 0.15) is 0 Å². The molecule has 47 valence electrons.